The van der Waals surface area contributed by atoms with E-state index in [1.807, 2.05) is 44.3 Å². The fourth-order valence-corrected chi connectivity index (χ4v) is 13.3. The number of nitrogens with zero attached hydrogens (tertiary/aromatic N) is 4. The van der Waals surface area contributed by atoms with Gasteiger partial charge in [-0.25, -0.2) is 9.59 Å². The third kappa shape index (κ3) is 6.24. The molecular weight excluding hydrogens is 871 g/mol. The summed E-state index contributed by atoms with van der Waals surface area (Å²) in [6, 6.07) is 9.01. The van der Waals surface area contributed by atoms with Crippen LogP contribution in [0.1, 0.15) is 68.9 Å². The Kier molecular flexibility index (Phi) is 10.8. The molecule has 0 aliphatic carbocycles. The lowest BCUT2D eigenvalue weighted by atomic mass is 9.71. The molecule has 18 heteroatoms. The first-order valence-electron chi connectivity index (χ1n) is 21.5. The molecule has 2 fully saturated rings. The van der Waals surface area contributed by atoms with Gasteiger partial charge in [0.2, 0.25) is 6.79 Å². The molecule has 342 valence electrons. The Balaban J connectivity index is 1.28. The summed E-state index contributed by atoms with van der Waals surface area (Å²) >= 11 is 1.37. The van der Waals surface area contributed by atoms with E-state index in [0.717, 1.165) is 34.6 Å². The fraction of sp³-hybridized carbons (Fsp3) is 0.396. The van der Waals surface area contributed by atoms with Crippen LogP contribution < -0.4 is 23.7 Å². The number of aromatic nitrogens is 1. The van der Waals surface area contributed by atoms with E-state index in [-0.39, 0.29) is 37.2 Å². The summed E-state index contributed by atoms with van der Waals surface area (Å²) in [4.78, 5) is 65.6. The second kappa shape index (κ2) is 16.4. The molecule has 1 amide bonds. The number of carbonyl (C=O) groups excluding carboxylic acids is 4. The molecule has 1 spiro atoms. The Hall–Kier alpha value is -6.52. The number of Topliss-reactive ketones (excluding diaryl/α,β-unsaturated/α-hetero) is 1. The van der Waals surface area contributed by atoms with Gasteiger partial charge in [-0.15, -0.1) is 11.8 Å². The highest BCUT2D eigenvalue weighted by molar-refractivity contribution is 7.99. The number of ether oxygens (including phenoxy) is 8. The van der Waals surface area contributed by atoms with Crippen molar-refractivity contribution in [3.63, 3.8) is 0 Å². The summed E-state index contributed by atoms with van der Waals surface area (Å²) in [6.07, 6.45) is 1.03. The van der Waals surface area contributed by atoms with Gasteiger partial charge in [0.1, 0.15) is 18.4 Å². The van der Waals surface area contributed by atoms with Crippen molar-refractivity contribution in [1.29, 1.82) is 5.26 Å². The monoisotopic (exact) mass is 917 g/mol. The number of benzene rings is 3. The minimum atomic E-state index is -1.71. The number of esters is 1. The molecule has 0 saturated carbocycles. The van der Waals surface area contributed by atoms with Crippen LogP contribution in [0.25, 0.3) is 10.9 Å². The van der Waals surface area contributed by atoms with Gasteiger partial charge in [-0.3, -0.25) is 24.3 Å². The number of aryl methyl sites for hydroxylation is 1. The van der Waals surface area contributed by atoms with Crippen molar-refractivity contribution in [2.75, 3.05) is 46.5 Å². The smallest absolute Gasteiger partial charge is 0.493 e. The van der Waals surface area contributed by atoms with E-state index < -0.39 is 71.6 Å². The summed E-state index contributed by atoms with van der Waals surface area (Å²) in [5.74, 6) is 0.435. The Morgan fingerprint density at radius 2 is 1.80 bits per heavy atom. The Bertz CT molecular complexity index is 2820. The predicted octanol–water partition coefficient (Wildman–Crippen LogP) is 6.74. The standard InChI is InChI=1S/C48H47N5O12S/c1-8-60-46(56)52-15-14-28-27-12-10-11-13-29(27)50-45(28)48(52)21-66-44-36-35(42-41(62-22-63-42)24(4)40(36)64-25(5)54)32(19-59-20-33(48)55)53-31(18-49)30-17-26-16-23(3)39(58-7)43(65-47(57)61-9-2)34(26)37(38(44)53)51(30)6/h8-13,16,30-32,37-38,44,50H,1-2,14-15,17,19-22H2,3-7H3/t30-,31-,32+,37+,38?,44+,48-/m0/s1. The molecule has 2 saturated heterocycles. The number of hydrogen-bond donors (Lipinski definition) is 1. The molecule has 4 aromatic rings. The third-order valence-electron chi connectivity index (χ3n) is 14.0. The van der Waals surface area contributed by atoms with Crippen LogP contribution in [0, 0.1) is 25.2 Å². The van der Waals surface area contributed by atoms with E-state index in [1.165, 1.54) is 30.7 Å². The number of fused-ring (bicyclic) bond motifs is 12. The number of amides is 1. The van der Waals surface area contributed by atoms with Crippen molar-refractivity contribution in [3.05, 3.63) is 101 Å². The van der Waals surface area contributed by atoms with Gasteiger partial charge in [0.25, 0.3) is 0 Å². The molecular formula is C48H47N5O12S. The lowest BCUT2D eigenvalue weighted by molar-refractivity contribution is -0.137. The van der Waals surface area contributed by atoms with E-state index in [9.17, 15) is 19.6 Å². The van der Waals surface area contributed by atoms with E-state index in [4.69, 9.17) is 37.9 Å². The number of rotatable bonds is 5. The highest BCUT2D eigenvalue weighted by Gasteiger charge is 2.62. The zero-order chi connectivity index (χ0) is 46.3. The van der Waals surface area contributed by atoms with Gasteiger partial charge in [0.15, 0.2) is 34.3 Å². The molecule has 7 aliphatic heterocycles. The third-order valence-corrected chi connectivity index (χ3v) is 15.5. The SMILES string of the molecule is C=COC(=O)Oc1c(OC)c(C)cc2c1[C@@H]1C3[C@@H]4SC[C@]5(C(=O)COC[C@H](c6c7c(c(C)c(OC(C)=O)c64)OCO7)N3[C@@H](C#N)[C@H](C2)N1C)c1[nH]c2ccccc2c1CCN5C(=O)OC=C. The average molecular weight is 918 g/mol. The van der Waals surface area contributed by atoms with Crippen LogP contribution in [-0.4, -0.2) is 108 Å². The molecule has 1 unspecified atom stereocenters. The fourth-order valence-electron chi connectivity index (χ4n) is 11.5. The molecule has 1 aromatic heterocycles. The Morgan fingerprint density at radius 3 is 2.55 bits per heavy atom. The van der Waals surface area contributed by atoms with Gasteiger partial charge < -0.3 is 42.9 Å². The second-order valence-corrected chi connectivity index (χ2v) is 18.3. The molecule has 17 nitrogen and oxygen atoms in total. The highest BCUT2D eigenvalue weighted by atomic mass is 32.2. The van der Waals surface area contributed by atoms with E-state index in [0.29, 0.717) is 63.6 Å². The van der Waals surface area contributed by atoms with Crippen molar-refractivity contribution >= 4 is 46.7 Å². The number of nitrogens with one attached hydrogen (secondary N) is 1. The molecule has 3 aromatic carbocycles. The minimum absolute atomic E-state index is 0.0659. The van der Waals surface area contributed by atoms with Crippen molar-refractivity contribution < 1.29 is 57.1 Å². The van der Waals surface area contributed by atoms with Crippen LogP contribution in [0.5, 0.6) is 28.7 Å². The summed E-state index contributed by atoms with van der Waals surface area (Å²) in [5.41, 5.74) is 4.32. The lowest BCUT2D eigenvalue weighted by Gasteiger charge is -2.61. The van der Waals surface area contributed by atoms with Crippen LogP contribution in [0.2, 0.25) is 0 Å². The number of likely N-dealkylation sites (N-methyl/N-ethyl adjacent to an activating group) is 1. The molecule has 66 heavy (non-hydrogen) atoms. The number of methoxy groups -OCH3 is 1. The maximum Gasteiger partial charge on any atom is 0.518 e. The number of H-pyrrole nitrogens is 1. The zero-order valence-corrected chi connectivity index (χ0v) is 37.8. The normalized spacial score (nSPS) is 26.2. The molecule has 7 aliphatic rings. The second-order valence-electron chi connectivity index (χ2n) is 17.1. The number of ketones is 1. The van der Waals surface area contributed by atoms with Gasteiger partial charge in [-0.1, -0.05) is 37.4 Å². The van der Waals surface area contributed by atoms with E-state index in [1.54, 1.807) is 6.92 Å². The van der Waals surface area contributed by atoms with Crippen LogP contribution >= 0.6 is 11.8 Å². The van der Waals surface area contributed by atoms with Crippen molar-refractivity contribution in [1.82, 2.24) is 19.7 Å². The van der Waals surface area contributed by atoms with Gasteiger partial charge >= 0.3 is 18.2 Å². The van der Waals surface area contributed by atoms with Crippen LogP contribution in [-0.2, 0) is 42.2 Å². The number of para-hydroxylation sites is 1. The first kappa shape index (κ1) is 43.4. The quantitative estimate of drug-likeness (QED) is 0.0957. The van der Waals surface area contributed by atoms with Gasteiger partial charge in [0, 0.05) is 64.5 Å². The first-order chi connectivity index (χ1) is 31.9. The number of thioether (sulfide) groups is 1. The van der Waals surface area contributed by atoms with Crippen LogP contribution in [0.4, 0.5) is 9.59 Å². The number of aromatic amines is 1. The topological polar surface area (TPSA) is 191 Å². The number of nitriles is 1. The molecule has 4 bridgehead atoms. The molecule has 8 heterocycles. The Morgan fingerprint density at radius 1 is 1.03 bits per heavy atom. The van der Waals surface area contributed by atoms with Gasteiger partial charge in [-0.05, 0) is 56.5 Å². The number of carbonyl (C=O) groups is 4. The molecule has 0 radical (unpaired) electrons. The predicted molar refractivity (Wildman–Crippen MR) is 238 cm³/mol. The zero-order valence-electron chi connectivity index (χ0n) is 37.0. The van der Waals surface area contributed by atoms with Crippen LogP contribution in [0.3, 0.4) is 0 Å². The molecule has 1 N–H and O–H groups in total. The van der Waals surface area contributed by atoms with E-state index >= 15 is 4.79 Å². The Labute approximate surface area is 384 Å². The lowest BCUT2D eigenvalue weighted by Crippen LogP contribution is -2.69. The summed E-state index contributed by atoms with van der Waals surface area (Å²) < 4.78 is 47.9. The maximum absolute atomic E-state index is 15.5. The van der Waals surface area contributed by atoms with Crippen molar-refractivity contribution in [2.45, 2.75) is 74.6 Å². The number of piperazine rings is 1. The molecule has 7 atom stereocenters. The largest absolute Gasteiger partial charge is 0.518 e. The average Bonchev–Trinajstić information content (AvgIpc) is 3.93. The number of hydrogen-bond acceptors (Lipinski definition) is 16. The van der Waals surface area contributed by atoms with Gasteiger partial charge in [0.05, 0.1) is 55.3 Å². The maximum atomic E-state index is 15.5. The summed E-state index contributed by atoms with van der Waals surface area (Å²) in [6.45, 7) is 11.6. The van der Waals surface area contributed by atoms with E-state index in [2.05, 4.69) is 34.0 Å². The van der Waals surface area contributed by atoms with Crippen LogP contribution in [0.15, 0.2) is 56.0 Å². The minimum Gasteiger partial charge on any atom is -0.493 e. The van der Waals surface area contributed by atoms with Crippen molar-refractivity contribution in [2.24, 2.45) is 0 Å². The summed E-state index contributed by atoms with van der Waals surface area (Å²) in [5, 5.41) is 11.6. The van der Waals surface area contributed by atoms with Crippen molar-refractivity contribution in [3.8, 4) is 34.8 Å². The highest BCUT2D eigenvalue weighted by Crippen LogP contribution is 2.65. The molecule has 11 rings (SSSR count). The van der Waals surface area contributed by atoms with Gasteiger partial charge in [-0.2, -0.15) is 5.26 Å². The first-order valence-corrected chi connectivity index (χ1v) is 22.6. The summed E-state index contributed by atoms with van der Waals surface area (Å²) in [7, 11) is 3.43.